The molecule has 1 amide bonds. The summed E-state index contributed by atoms with van der Waals surface area (Å²) in [6, 6.07) is 16.9. The number of benzene rings is 2. The Balaban J connectivity index is 1.50. The van der Waals surface area contributed by atoms with E-state index in [4.69, 9.17) is 10.00 Å². The second-order valence-electron chi connectivity index (χ2n) is 5.80. The molecular formula is C20H19N3O2. The van der Waals surface area contributed by atoms with Crippen LogP contribution < -0.4 is 10.1 Å². The number of nitrogens with one attached hydrogen (secondary N) is 2. The summed E-state index contributed by atoms with van der Waals surface area (Å²) in [6.07, 6.45) is 2.13. The average molecular weight is 333 g/mol. The predicted octanol–water partition coefficient (Wildman–Crippen LogP) is 3.17. The molecule has 5 heteroatoms. The Hall–Kier alpha value is -3.26. The predicted molar refractivity (Wildman–Crippen MR) is 96.3 cm³/mol. The van der Waals surface area contributed by atoms with Crippen molar-refractivity contribution in [2.45, 2.75) is 19.4 Å². The zero-order valence-electron chi connectivity index (χ0n) is 14.0. The molecule has 0 radical (unpaired) electrons. The van der Waals surface area contributed by atoms with Crippen LogP contribution in [0, 0.1) is 11.3 Å². The molecule has 25 heavy (non-hydrogen) atoms. The minimum Gasteiger partial charge on any atom is -0.481 e. The van der Waals surface area contributed by atoms with Crippen molar-refractivity contribution in [2.24, 2.45) is 0 Å². The van der Waals surface area contributed by atoms with Crippen molar-refractivity contribution in [2.75, 3.05) is 6.54 Å². The van der Waals surface area contributed by atoms with E-state index in [0.29, 0.717) is 17.9 Å². The maximum atomic E-state index is 12.2. The van der Waals surface area contributed by atoms with Gasteiger partial charge in [0.15, 0.2) is 6.10 Å². The van der Waals surface area contributed by atoms with Gasteiger partial charge in [0.2, 0.25) is 0 Å². The summed E-state index contributed by atoms with van der Waals surface area (Å²) in [5.74, 6) is 0.405. The van der Waals surface area contributed by atoms with E-state index in [1.165, 1.54) is 10.9 Å². The third kappa shape index (κ3) is 3.99. The van der Waals surface area contributed by atoms with Crippen LogP contribution in [0.15, 0.2) is 54.7 Å². The van der Waals surface area contributed by atoms with Gasteiger partial charge in [-0.2, -0.15) is 5.26 Å². The maximum absolute atomic E-state index is 12.2. The lowest BCUT2D eigenvalue weighted by Gasteiger charge is -2.14. The summed E-state index contributed by atoms with van der Waals surface area (Å²) < 4.78 is 5.61. The fraction of sp³-hybridized carbons (Fsp3) is 0.200. The summed E-state index contributed by atoms with van der Waals surface area (Å²) in [7, 11) is 0. The summed E-state index contributed by atoms with van der Waals surface area (Å²) in [5, 5.41) is 12.9. The van der Waals surface area contributed by atoms with Gasteiger partial charge in [0.05, 0.1) is 11.6 Å². The molecule has 0 aliphatic carbocycles. The van der Waals surface area contributed by atoms with Crippen LogP contribution in [0.3, 0.4) is 0 Å². The molecule has 0 aliphatic rings. The quantitative estimate of drug-likeness (QED) is 0.727. The average Bonchev–Trinajstić information content (AvgIpc) is 3.05. The molecular weight excluding hydrogens is 314 g/mol. The number of para-hydroxylation sites is 1. The summed E-state index contributed by atoms with van der Waals surface area (Å²) in [6.45, 7) is 2.25. The van der Waals surface area contributed by atoms with E-state index < -0.39 is 6.10 Å². The summed E-state index contributed by atoms with van der Waals surface area (Å²) in [4.78, 5) is 15.4. The van der Waals surface area contributed by atoms with E-state index in [1.54, 1.807) is 31.2 Å². The molecule has 5 nitrogen and oxygen atoms in total. The minimum atomic E-state index is -0.601. The molecule has 0 saturated carbocycles. The lowest BCUT2D eigenvalue weighted by atomic mass is 10.1. The third-order valence-corrected chi connectivity index (χ3v) is 4.03. The first-order valence-electron chi connectivity index (χ1n) is 8.17. The van der Waals surface area contributed by atoms with Crippen molar-refractivity contribution in [1.82, 2.24) is 10.3 Å². The Morgan fingerprint density at radius 3 is 2.76 bits per heavy atom. The number of hydrogen-bond donors (Lipinski definition) is 2. The normalized spacial score (nSPS) is 11.7. The Labute approximate surface area is 146 Å². The fourth-order valence-corrected chi connectivity index (χ4v) is 2.67. The van der Waals surface area contributed by atoms with Gasteiger partial charge in [0, 0.05) is 23.6 Å². The van der Waals surface area contributed by atoms with E-state index in [-0.39, 0.29) is 5.91 Å². The van der Waals surface area contributed by atoms with E-state index in [1.807, 2.05) is 30.5 Å². The first-order chi connectivity index (χ1) is 12.2. The van der Waals surface area contributed by atoms with Crippen LogP contribution in [0.4, 0.5) is 0 Å². The number of fused-ring (bicyclic) bond motifs is 1. The van der Waals surface area contributed by atoms with Crippen molar-refractivity contribution in [3.63, 3.8) is 0 Å². The molecule has 3 aromatic rings. The van der Waals surface area contributed by atoms with Crippen molar-refractivity contribution in [3.05, 3.63) is 65.9 Å². The Bertz CT molecular complexity index is 907. The van der Waals surface area contributed by atoms with E-state index >= 15 is 0 Å². The van der Waals surface area contributed by atoms with Gasteiger partial charge in [-0.3, -0.25) is 4.79 Å². The van der Waals surface area contributed by atoms with Crippen LogP contribution in [-0.4, -0.2) is 23.5 Å². The van der Waals surface area contributed by atoms with Gasteiger partial charge in [0.25, 0.3) is 5.91 Å². The van der Waals surface area contributed by atoms with Crippen LogP contribution in [0.1, 0.15) is 18.1 Å². The number of nitrogens with zero attached hydrogens (tertiary/aromatic N) is 1. The Morgan fingerprint density at radius 2 is 2.00 bits per heavy atom. The molecule has 2 N–H and O–H groups in total. The number of carbonyl (C=O) groups is 1. The lowest BCUT2D eigenvalue weighted by Crippen LogP contribution is -2.37. The number of amides is 1. The van der Waals surface area contributed by atoms with Crippen LogP contribution in [0.25, 0.3) is 10.9 Å². The van der Waals surface area contributed by atoms with Gasteiger partial charge < -0.3 is 15.0 Å². The second-order valence-corrected chi connectivity index (χ2v) is 5.80. The van der Waals surface area contributed by atoms with Crippen molar-refractivity contribution < 1.29 is 9.53 Å². The van der Waals surface area contributed by atoms with E-state index in [9.17, 15) is 4.79 Å². The van der Waals surface area contributed by atoms with E-state index in [0.717, 1.165) is 11.9 Å². The van der Waals surface area contributed by atoms with Crippen molar-refractivity contribution >= 4 is 16.8 Å². The van der Waals surface area contributed by atoms with Gasteiger partial charge in [-0.05, 0) is 49.2 Å². The molecule has 1 atom stereocenters. The number of H-pyrrole nitrogens is 1. The number of carbonyl (C=O) groups excluding carboxylic acids is 1. The smallest absolute Gasteiger partial charge is 0.260 e. The molecule has 0 aliphatic heterocycles. The second kappa shape index (κ2) is 7.54. The molecule has 0 spiro atoms. The number of hydrogen-bond acceptors (Lipinski definition) is 3. The zero-order chi connectivity index (χ0) is 17.6. The van der Waals surface area contributed by atoms with Crippen LogP contribution in [-0.2, 0) is 11.2 Å². The van der Waals surface area contributed by atoms with Gasteiger partial charge in [-0.15, -0.1) is 0 Å². The topological polar surface area (TPSA) is 77.9 Å². The number of rotatable bonds is 6. The third-order valence-electron chi connectivity index (χ3n) is 4.03. The fourth-order valence-electron chi connectivity index (χ4n) is 2.67. The Kier molecular flexibility index (Phi) is 5.00. The molecule has 126 valence electrons. The summed E-state index contributed by atoms with van der Waals surface area (Å²) in [5.41, 5.74) is 2.83. The minimum absolute atomic E-state index is 0.163. The van der Waals surface area contributed by atoms with Crippen LogP contribution in [0.2, 0.25) is 0 Å². The largest absolute Gasteiger partial charge is 0.481 e. The first kappa shape index (κ1) is 16.6. The van der Waals surface area contributed by atoms with Crippen LogP contribution in [0.5, 0.6) is 5.75 Å². The number of aromatic amines is 1. The zero-order valence-corrected chi connectivity index (χ0v) is 14.0. The first-order valence-corrected chi connectivity index (χ1v) is 8.17. The molecule has 0 fully saturated rings. The lowest BCUT2D eigenvalue weighted by molar-refractivity contribution is -0.127. The molecule has 3 rings (SSSR count). The van der Waals surface area contributed by atoms with Crippen LogP contribution >= 0.6 is 0 Å². The SMILES string of the molecule is CC(Oc1ccc(C#N)cc1)C(=O)NCCc1c[nH]c2ccccc12. The monoisotopic (exact) mass is 333 g/mol. The highest BCUT2D eigenvalue weighted by Gasteiger charge is 2.14. The maximum Gasteiger partial charge on any atom is 0.260 e. The van der Waals surface area contributed by atoms with Crippen molar-refractivity contribution in [1.29, 1.82) is 5.26 Å². The number of nitriles is 1. The Morgan fingerprint density at radius 1 is 1.24 bits per heavy atom. The highest BCUT2D eigenvalue weighted by atomic mass is 16.5. The molecule has 0 saturated heterocycles. The number of ether oxygens (including phenoxy) is 1. The van der Waals surface area contributed by atoms with Gasteiger partial charge >= 0.3 is 0 Å². The molecule has 1 unspecified atom stereocenters. The number of aromatic nitrogens is 1. The molecule has 1 heterocycles. The van der Waals surface area contributed by atoms with Crippen molar-refractivity contribution in [3.8, 4) is 11.8 Å². The van der Waals surface area contributed by atoms with Gasteiger partial charge in [-0.25, -0.2) is 0 Å². The molecule has 2 aromatic carbocycles. The van der Waals surface area contributed by atoms with Gasteiger partial charge in [-0.1, -0.05) is 18.2 Å². The highest BCUT2D eigenvalue weighted by molar-refractivity contribution is 5.83. The standard InChI is InChI=1S/C20H19N3O2/c1-14(25-17-8-6-15(12-21)7-9-17)20(24)22-11-10-16-13-23-19-5-3-2-4-18(16)19/h2-9,13-14,23H,10-11H2,1H3,(H,22,24). The highest BCUT2D eigenvalue weighted by Crippen LogP contribution is 2.18. The molecule has 0 bridgehead atoms. The molecule has 1 aromatic heterocycles. The summed E-state index contributed by atoms with van der Waals surface area (Å²) >= 11 is 0. The van der Waals surface area contributed by atoms with Gasteiger partial charge in [0.1, 0.15) is 5.75 Å². The van der Waals surface area contributed by atoms with E-state index in [2.05, 4.69) is 16.4 Å².